The summed E-state index contributed by atoms with van der Waals surface area (Å²) in [5.41, 5.74) is 7.06. The molecular weight excluding hydrogens is 166 g/mol. The average Bonchev–Trinajstić information content (AvgIpc) is 1.99. The zero-order valence-electron chi connectivity index (χ0n) is 6.21. The van der Waals surface area contributed by atoms with Crippen LogP contribution in [0.4, 0.5) is 0 Å². The number of nitrogens with two attached hydrogens (primary N) is 2. The molecule has 0 rings (SSSR count). The number of hydrogen-bond acceptors (Lipinski definition) is 6. The molecule has 11 heavy (non-hydrogen) atoms. The van der Waals surface area contributed by atoms with Crippen LogP contribution < -0.4 is 17.2 Å². The van der Waals surface area contributed by atoms with Gasteiger partial charge in [-0.25, -0.2) is 5.84 Å². The van der Waals surface area contributed by atoms with Gasteiger partial charge in [0, 0.05) is 18.1 Å². The SMILES string of the molecule is NCCSCCC(=O)ONN. The normalized spacial score (nSPS) is 9.64. The van der Waals surface area contributed by atoms with Gasteiger partial charge in [-0.05, 0) is 0 Å². The fourth-order valence-corrected chi connectivity index (χ4v) is 1.14. The van der Waals surface area contributed by atoms with Crippen molar-refractivity contribution < 1.29 is 9.63 Å². The Balaban J connectivity index is 3.04. The third-order valence-electron chi connectivity index (χ3n) is 0.885. The first kappa shape index (κ1) is 10.7. The van der Waals surface area contributed by atoms with Crippen molar-refractivity contribution in [2.24, 2.45) is 11.6 Å². The fourth-order valence-electron chi connectivity index (χ4n) is 0.458. The van der Waals surface area contributed by atoms with E-state index in [-0.39, 0.29) is 5.97 Å². The first-order valence-electron chi connectivity index (χ1n) is 3.24. The Morgan fingerprint density at radius 2 is 2.27 bits per heavy atom. The Hall–Kier alpha value is -0.300. The fraction of sp³-hybridized carbons (Fsp3) is 0.800. The van der Waals surface area contributed by atoms with Crippen LogP contribution in [0.5, 0.6) is 0 Å². The van der Waals surface area contributed by atoms with Crippen LogP contribution in [0.25, 0.3) is 0 Å². The van der Waals surface area contributed by atoms with E-state index in [4.69, 9.17) is 11.6 Å². The molecule has 0 radical (unpaired) electrons. The van der Waals surface area contributed by atoms with E-state index in [0.717, 1.165) is 11.5 Å². The molecule has 0 spiro atoms. The Labute approximate surface area is 69.8 Å². The lowest BCUT2D eigenvalue weighted by Crippen LogP contribution is -2.26. The highest BCUT2D eigenvalue weighted by atomic mass is 32.2. The van der Waals surface area contributed by atoms with Gasteiger partial charge in [0.05, 0.1) is 6.42 Å². The summed E-state index contributed by atoms with van der Waals surface area (Å²) in [5.74, 6) is 5.97. The molecule has 0 aliphatic carbocycles. The van der Waals surface area contributed by atoms with Crippen LogP contribution in [0.15, 0.2) is 0 Å². The monoisotopic (exact) mass is 179 g/mol. The molecule has 6 heteroatoms. The summed E-state index contributed by atoms with van der Waals surface area (Å²) < 4.78 is 0. The molecule has 0 fully saturated rings. The second-order valence-corrected chi connectivity index (χ2v) is 2.97. The Morgan fingerprint density at radius 3 is 2.82 bits per heavy atom. The van der Waals surface area contributed by atoms with E-state index in [2.05, 4.69) is 4.84 Å². The maximum absolute atomic E-state index is 10.6. The number of hydrazine groups is 1. The number of carbonyl (C=O) groups excluding carboxylic acids is 1. The number of thioether (sulfide) groups is 1. The Kier molecular flexibility index (Phi) is 7.59. The van der Waals surface area contributed by atoms with Crippen molar-refractivity contribution in [2.45, 2.75) is 6.42 Å². The van der Waals surface area contributed by atoms with Gasteiger partial charge in [-0.15, -0.1) is 0 Å². The minimum atomic E-state index is -0.350. The molecule has 0 atom stereocenters. The number of hydrogen-bond donors (Lipinski definition) is 3. The Bertz CT molecular complexity index is 112. The molecular formula is C5H13N3O2S. The molecule has 0 aliphatic rings. The van der Waals surface area contributed by atoms with Gasteiger partial charge in [0.1, 0.15) is 0 Å². The topological polar surface area (TPSA) is 90.4 Å². The molecule has 5 nitrogen and oxygen atoms in total. The molecule has 0 saturated heterocycles. The van der Waals surface area contributed by atoms with Gasteiger partial charge in [0.15, 0.2) is 0 Å². The predicted octanol–water partition coefficient (Wildman–Crippen LogP) is -1.01. The van der Waals surface area contributed by atoms with Crippen LogP contribution in [0.1, 0.15) is 6.42 Å². The largest absolute Gasteiger partial charge is 0.356 e. The van der Waals surface area contributed by atoms with Gasteiger partial charge < -0.3 is 10.6 Å². The summed E-state index contributed by atoms with van der Waals surface area (Å²) in [7, 11) is 0. The van der Waals surface area contributed by atoms with Crippen molar-refractivity contribution >= 4 is 17.7 Å². The smallest absolute Gasteiger partial charge is 0.327 e. The highest BCUT2D eigenvalue weighted by Crippen LogP contribution is 2.00. The second-order valence-electron chi connectivity index (χ2n) is 1.74. The van der Waals surface area contributed by atoms with Crippen molar-refractivity contribution in [3.8, 4) is 0 Å². The standard InChI is InChI=1S/C5H13N3O2S/c6-2-4-11-3-1-5(9)10-8-7/h8H,1-4,6-7H2. The van der Waals surface area contributed by atoms with Crippen LogP contribution in [-0.2, 0) is 9.63 Å². The molecule has 0 saturated carbocycles. The maximum Gasteiger partial charge on any atom is 0.327 e. The van der Waals surface area contributed by atoms with E-state index < -0.39 is 0 Å². The molecule has 0 heterocycles. The summed E-state index contributed by atoms with van der Waals surface area (Å²) in [6.45, 7) is 0.634. The molecule has 0 aromatic rings. The van der Waals surface area contributed by atoms with Gasteiger partial charge in [-0.3, -0.25) is 4.79 Å². The lowest BCUT2D eigenvalue weighted by Gasteiger charge is -1.99. The quantitative estimate of drug-likeness (QED) is 0.275. The van der Waals surface area contributed by atoms with Crippen molar-refractivity contribution in [1.29, 1.82) is 0 Å². The molecule has 0 aromatic heterocycles. The minimum Gasteiger partial charge on any atom is -0.356 e. The zero-order valence-corrected chi connectivity index (χ0v) is 7.02. The van der Waals surface area contributed by atoms with Crippen LogP contribution in [0.2, 0.25) is 0 Å². The van der Waals surface area contributed by atoms with Crippen LogP contribution in [0, 0.1) is 0 Å². The molecule has 0 amide bonds. The van der Waals surface area contributed by atoms with E-state index in [0.29, 0.717) is 13.0 Å². The van der Waals surface area contributed by atoms with Crippen LogP contribution in [-0.4, -0.2) is 24.0 Å². The van der Waals surface area contributed by atoms with Crippen LogP contribution >= 0.6 is 11.8 Å². The number of nitrogens with one attached hydrogen (secondary N) is 1. The van der Waals surface area contributed by atoms with E-state index in [1.165, 1.54) is 0 Å². The third kappa shape index (κ3) is 7.60. The summed E-state index contributed by atoms with van der Waals surface area (Å²) in [6, 6.07) is 0. The maximum atomic E-state index is 10.6. The molecule has 0 bridgehead atoms. The van der Waals surface area contributed by atoms with E-state index in [1.54, 1.807) is 11.8 Å². The highest BCUT2D eigenvalue weighted by Gasteiger charge is 2.00. The molecule has 5 N–H and O–H groups in total. The molecule has 0 aliphatic heterocycles. The highest BCUT2D eigenvalue weighted by molar-refractivity contribution is 7.99. The summed E-state index contributed by atoms with van der Waals surface area (Å²) in [5, 5.41) is 0. The van der Waals surface area contributed by atoms with Crippen molar-refractivity contribution in [1.82, 2.24) is 5.59 Å². The van der Waals surface area contributed by atoms with Gasteiger partial charge in [0.2, 0.25) is 0 Å². The van der Waals surface area contributed by atoms with Crippen molar-refractivity contribution in [3.05, 3.63) is 0 Å². The third-order valence-corrected chi connectivity index (χ3v) is 1.90. The van der Waals surface area contributed by atoms with Crippen molar-refractivity contribution in [2.75, 3.05) is 18.1 Å². The average molecular weight is 179 g/mol. The zero-order chi connectivity index (χ0) is 8.53. The molecule has 66 valence electrons. The number of carbonyl (C=O) groups is 1. The second kappa shape index (κ2) is 7.80. The lowest BCUT2D eigenvalue weighted by atomic mass is 10.5. The van der Waals surface area contributed by atoms with Gasteiger partial charge in [-0.2, -0.15) is 11.8 Å². The van der Waals surface area contributed by atoms with E-state index in [9.17, 15) is 4.79 Å². The van der Waals surface area contributed by atoms with Gasteiger partial charge in [-0.1, -0.05) is 5.59 Å². The first-order valence-corrected chi connectivity index (χ1v) is 4.39. The number of rotatable bonds is 6. The van der Waals surface area contributed by atoms with Gasteiger partial charge >= 0.3 is 5.97 Å². The summed E-state index contributed by atoms with van der Waals surface area (Å²) in [4.78, 5) is 14.9. The van der Waals surface area contributed by atoms with Crippen molar-refractivity contribution in [3.63, 3.8) is 0 Å². The molecule has 0 aromatic carbocycles. The predicted molar refractivity (Wildman–Crippen MR) is 44.4 cm³/mol. The Morgan fingerprint density at radius 1 is 1.55 bits per heavy atom. The first-order chi connectivity index (χ1) is 5.31. The lowest BCUT2D eigenvalue weighted by molar-refractivity contribution is -0.150. The van der Waals surface area contributed by atoms with Gasteiger partial charge in [0.25, 0.3) is 0 Å². The van der Waals surface area contributed by atoms with E-state index >= 15 is 0 Å². The van der Waals surface area contributed by atoms with Crippen LogP contribution in [0.3, 0.4) is 0 Å². The minimum absolute atomic E-state index is 0.350. The summed E-state index contributed by atoms with van der Waals surface area (Å²) in [6.07, 6.45) is 0.356. The van der Waals surface area contributed by atoms with E-state index in [1.807, 2.05) is 5.59 Å². The molecule has 0 unspecified atom stereocenters. The summed E-state index contributed by atoms with van der Waals surface area (Å²) >= 11 is 1.61.